The average molecular weight is 539 g/mol. The van der Waals surface area contributed by atoms with Crippen LogP contribution in [-0.4, -0.2) is 57.7 Å². The van der Waals surface area contributed by atoms with E-state index >= 15 is 0 Å². The van der Waals surface area contributed by atoms with E-state index in [1.54, 1.807) is 30.3 Å². The molecule has 4 aromatic carbocycles. The molecule has 0 aliphatic heterocycles. The van der Waals surface area contributed by atoms with Crippen molar-refractivity contribution in [2.45, 2.75) is 4.90 Å². The van der Waals surface area contributed by atoms with Crippen LogP contribution in [0, 0.1) is 10.1 Å². The molecule has 0 unspecified atom stereocenters. The van der Waals surface area contributed by atoms with E-state index in [1.807, 2.05) is 0 Å². The number of fused-ring (bicyclic) bond motifs is 1. The Morgan fingerprint density at radius 1 is 0.917 bits per heavy atom. The van der Waals surface area contributed by atoms with E-state index in [-0.39, 0.29) is 56.7 Å². The van der Waals surface area contributed by atoms with Gasteiger partial charge in [-0.05, 0) is 36.4 Å². The Bertz CT molecular complexity index is 1620. The second-order valence-electron chi connectivity index (χ2n) is 7.18. The number of benzene rings is 4. The number of anilines is 2. The molecule has 0 spiro atoms. The Hall–Kier alpha value is -3.26. The van der Waals surface area contributed by atoms with Gasteiger partial charge in [0.15, 0.2) is 5.75 Å². The number of nitrogens with zero attached hydrogens (tertiary/aromatic N) is 3. The van der Waals surface area contributed by atoms with Crippen LogP contribution < -0.4 is 5.32 Å². The third-order valence-corrected chi connectivity index (χ3v) is 6.05. The molecule has 0 heterocycles. The molecule has 11 nitrogen and oxygen atoms in total. The Balaban J connectivity index is 0.00000361. The molecule has 4 rings (SSSR count). The number of hydrogen-bond acceptors (Lipinski definition) is 9. The maximum atomic E-state index is 11.9. The fourth-order valence-corrected chi connectivity index (χ4v) is 4.27. The summed E-state index contributed by atoms with van der Waals surface area (Å²) in [7, 11) is -4.63. The number of hydrogen-bond donors (Lipinski definition) is 4. The van der Waals surface area contributed by atoms with Gasteiger partial charge in [0.2, 0.25) is 5.75 Å². The summed E-state index contributed by atoms with van der Waals surface area (Å²) in [4.78, 5) is 9.82. The van der Waals surface area contributed by atoms with Gasteiger partial charge in [-0.3, -0.25) is 14.7 Å². The number of rotatable bonds is 6. The number of aromatic hydroxyl groups is 2. The molecule has 0 bridgehead atoms. The summed E-state index contributed by atoms with van der Waals surface area (Å²) in [6.45, 7) is 0. The zero-order valence-corrected chi connectivity index (χ0v) is 19.0. The topological polar surface area (TPSA) is 175 Å². The first kappa shape index (κ1) is 27.3. The predicted octanol–water partition coefficient (Wildman–Crippen LogP) is 5.57. The van der Waals surface area contributed by atoms with Gasteiger partial charge in [-0.15, -0.1) is 10.2 Å². The molecule has 0 saturated heterocycles. The molecule has 4 aromatic rings. The Morgan fingerprint density at radius 2 is 1.58 bits per heavy atom. The number of azo groups is 1. The van der Waals surface area contributed by atoms with Crippen molar-refractivity contribution in [3.63, 3.8) is 0 Å². The molecule has 0 aliphatic rings. The van der Waals surface area contributed by atoms with Crippen LogP contribution in [0.3, 0.4) is 0 Å². The van der Waals surface area contributed by atoms with E-state index in [0.29, 0.717) is 11.4 Å². The third-order valence-electron chi connectivity index (χ3n) is 4.92. The van der Waals surface area contributed by atoms with Crippen molar-refractivity contribution < 1.29 is 28.1 Å². The molecule has 180 valence electrons. The van der Waals surface area contributed by atoms with Crippen LogP contribution in [0.5, 0.6) is 11.5 Å². The van der Waals surface area contributed by atoms with E-state index in [1.165, 1.54) is 24.3 Å². The normalized spacial score (nSPS) is 11.4. The van der Waals surface area contributed by atoms with Crippen molar-refractivity contribution in [1.82, 2.24) is 0 Å². The first-order valence-electron chi connectivity index (χ1n) is 9.73. The molecule has 0 amide bonds. The molecular weight excluding hydrogens is 523 g/mol. The van der Waals surface area contributed by atoms with Gasteiger partial charge in [0.25, 0.3) is 10.1 Å². The number of nitro benzene ring substituents is 1. The Morgan fingerprint density at radius 3 is 2.22 bits per heavy atom. The molecular formula is C22H16ClN4NaO7S. The number of phenolic OH excluding ortho intramolecular Hbond substituents is 2. The van der Waals surface area contributed by atoms with Crippen LogP contribution >= 0.6 is 11.6 Å². The Kier molecular flexibility index (Phi) is 8.19. The molecule has 0 radical (unpaired) electrons. The van der Waals surface area contributed by atoms with Crippen LogP contribution in [-0.2, 0) is 10.1 Å². The van der Waals surface area contributed by atoms with Gasteiger partial charge >= 0.3 is 35.2 Å². The fraction of sp³-hybridized carbons (Fsp3) is 0. The van der Waals surface area contributed by atoms with Crippen molar-refractivity contribution in [3.05, 3.63) is 81.9 Å². The molecule has 0 atom stereocenters. The summed E-state index contributed by atoms with van der Waals surface area (Å²) in [6.07, 6.45) is 0. The van der Waals surface area contributed by atoms with E-state index in [4.69, 9.17) is 11.6 Å². The van der Waals surface area contributed by atoms with E-state index in [0.717, 1.165) is 12.1 Å². The fourth-order valence-electron chi connectivity index (χ4n) is 3.37. The first-order valence-corrected chi connectivity index (χ1v) is 11.5. The van der Waals surface area contributed by atoms with Crippen LogP contribution in [0.25, 0.3) is 10.8 Å². The molecule has 36 heavy (non-hydrogen) atoms. The first-order chi connectivity index (χ1) is 16.6. The molecule has 4 N–H and O–H groups in total. The number of halogens is 1. The van der Waals surface area contributed by atoms with Crippen LogP contribution in [0.15, 0.2) is 81.9 Å². The molecule has 0 aromatic heterocycles. The monoisotopic (exact) mass is 538 g/mol. The van der Waals surface area contributed by atoms with Gasteiger partial charge in [0.05, 0.1) is 16.0 Å². The maximum absolute atomic E-state index is 11.9. The SMILES string of the molecule is O=[N+]([O-])c1cc(Cl)cc(N=Nc2ccc3c(S(=O)(=O)O)ccc(Nc4ccccc4)c3c2O)c1O.[NaH]. The minimum atomic E-state index is -4.63. The van der Waals surface area contributed by atoms with Gasteiger partial charge in [-0.2, -0.15) is 8.42 Å². The quantitative estimate of drug-likeness (QED) is 0.0809. The summed E-state index contributed by atoms with van der Waals surface area (Å²) in [6, 6.07) is 16.0. The number of nitrogens with one attached hydrogen (secondary N) is 1. The zero-order valence-electron chi connectivity index (χ0n) is 17.5. The molecule has 14 heteroatoms. The minimum absolute atomic E-state index is 0. The van der Waals surface area contributed by atoms with Crippen LogP contribution in [0.2, 0.25) is 5.02 Å². The number of nitro groups is 1. The van der Waals surface area contributed by atoms with Gasteiger partial charge in [0, 0.05) is 22.2 Å². The van der Waals surface area contributed by atoms with Gasteiger partial charge in [-0.1, -0.05) is 35.9 Å². The zero-order chi connectivity index (χ0) is 25.3. The van der Waals surface area contributed by atoms with Gasteiger partial charge < -0.3 is 15.5 Å². The second-order valence-corrected chi connectivity index (χ2v) is 9.01. The van der Waals surface area contributed by atoms with Crippen LogP contribution in [0.4, 0.5) is 28.4 Å². The van der Waals surface area contributed by atoms with Gasteiger partial charge in [0.1, 0.15) is 16.3 Å². The van der Waals surface area contributed by atoms with Crippen LogP contribution in [0.1, 0.15) is 0 Å². The second kappa shape index (κ2) is 10.8. The van der Waals surface area contributed by atoms with Crippen molar-refractivity contribution >= 4 is 90.5 Å². The molecule has 0 aliphatic carbocycles. The van der Waals surface area contributed by atoms with Crippen molar-refractivity contribution in [2.24, 2.45) is 10.2 Å². The summed E-state index contributed by atoms with van der Waals surface area (Å²) < 4.78 is 33.4. The van der Waals surface area contributed by atoms with E-state index in [9.17, 15) is 33.3 Å². The average Bonchev–Trinajstić information content (AvgIpc) is 2.80. The number of phenols is 2. The van der Waals surface area contributed by atoms with E-state index < -0.39 is 37.1 Å². The summed E-state index contributed by atoms with van der Waals surface area (Å²) in [5, 5.41) is 42.8. The molecule has 0 fully saturated rings. The summed E-state index contributed by atoms with van der Waals surface area (Å²) in [5.74, 6) is -1.27. The molecule has 0 saturated carbocycles. The van der Waals surface area contributed by atoms with E-state index in [2.05, 4.69) is 15.5 Å². The summed E-state index contributed by atoms with van der Waals surface area (Å²) in [5.41, 5.74) is -0.215. The predicted molar refractivity (Wildman–Crippen MR) is 136 cm³/mol. The van der Waals surface area contributed by atoms with Crippen molar-refractivity contribution in [2.75, 3.05) is 5.32 Å². The number of para-hydroxylation sites is 1. The van der Waals surface area contributed by atoms with Gasteiger partial charge in [-0.25, -0.2) is 0 Å². The standard InChI is InChI=1S/C22H15ClN4O7S.Na.H/c23-12-10-17(21(28)18(11-12)27(30)31)26-25-16-7-6-14-19(35(32,33)34)9-8-15(20(14)22(16)29)24-13-4-2-1-3-5-13;;/h1-11,24,28-29H,(H,32,33,34);;. The van der Waals surface area contributed by atoms with Crippen molar-refractivity contribution in [3.8, 4) is 11.5 Å². The Labute approximate surface area is 231 Å². The van der Waals surface area contributed by atoms with Crippen molar-refractivity contribution in [1.29, 1.82) is 0 Å². The third kappa shape index (κ3) is 5.59. The summed E-state index contributed by atoms with van der Waals surface area (Å²) >= 11 is 5.86.